The summed E-state index contributed by atoms with van der Waals surface area (Å²) in [5.41, 5.74) is 1.36. The van der Waals surface area contributed by atoms with Crippen molar-refractivity contribution in [1.82, 2.24) is 5.16 Å². The van der Waals surface area contributed by atoms with Crippen LogP contribution in [-0.4, -0.2) is 24.0 Å². The molecule has 152 valence electrons. The molecule has 0 fully saturated rings. The van der Waals surface area contributed by atoms with Crippen molar-refractivity contribution in [1.29, 1.82) is 0 Å². The van der Waals surface area contributed by atoms with Crippen molar-refractivity contribution < 1.29 is 36.4 Å². The third kappa shape index (κ3) is 6.32. The van der Waals surface area contributed by atoms with E-state index in [2.05, 4.69) is 15.2 Å². The first kappa shape index (κ1) is 20.3. The summed E-state index contributed by atoms with van der Waals surface area (Å²) in [5.74, 6) is -0.842. The first-order valence-corrected chi connectivity index (χ1v) is 8.23. The van der Waals surface area contributed by atoms with Crippen molar-refractivity contribution in [3.05, 3.63) is 66.1 Å². The number of hydrogen-bond acceptors (Lipinski definition) is 5. The molecule has 0 atom stereocenters. The van der Waals surface area contributed by atoms with Crippen molar-refractivity contribution in [2.45, 2.75) is 13.0 Å². The molecule has 1 heterocycles. The molecule has 10 heteroatoms. The second-order valence-electron chi connectivity index (χ2n) is 5.80. The minimum absolute atomic E-state index is 0.00350. The van der Waals surface area contributed by atoms with E-state index in [9.17, 15) is 22.4 Å². The van der Waals surface area contributed by atoms with E-state index in [4.69, 9.17) is 9.26 Å². The minimum Gasteiger partial charge on any atom is -0.406 e. The maximum Gasteiger partial charge on any atom is 0.573 e. The molecule has 3 rings (SSSR count). The summed E-state index contributed by atoms with van der Waals surface area (Å²) in [5, 5.41) is 6.28. The van der Waals surface area contributed by atoms with Crippen molar-refractivity contribution in [2.75, 3.05) is 11.9 Å². The highest BCUT2D eigenvalue weighted by Crippen LogP contribution is 2.24. The van der Waals surface area contributed by atoms with E-state index < -0.39 is 18.0 Å². The summed E-state index contributed by atoms with van der Waals surface area (Å²) in [6, 6.07) is 12.0. The van der Waals surface area contributed by atoms with Crippen molar-refractivity contribution in [3.63, 3.8) is 0 Å². The van der Waals surface area contributed by atoms with E-state index in [0.29, 0.717) is 17.0 Å². The molecule has 0 aliphatic heterocycles. The number of hydrogen-bond donors (Lipinski definition) is 1. The summed E-state index contributed by atoms with van der Waals surface area (Å²) in [7, 11) is 0. The van der Waals surface area contributed by atoms with Gasteiger partial charge in [-0.05, 0) is 48.5 Å². The summed E-state index contributed by atoms with van der Waals surface area (Å²) in [6.45, 7) is -0.310. The van der Waals surface area contributed by atoms with E-state index in [1.165, 1.54) is 24.3 Å². The summed E-state index contributed by atoms with van der Waals surface area (Å²) in [6.07, 6.45) is -4.78. The van der Waals surface area contributed by atoms with Gasteiger partial charge in [0.15, 0.2) is 5.76 Å². The number of amides is 1. The molecule has 0 aliphatic carbocycles. The molecule has 0 bridgehead atoms. The zero-order valence-electron chi connectivity index (χ0n) is 14.7. The third-order valence-corrected chi connectivity index (χ3v) is 3.54. The van der Waals surface area contributed by atoms with Gasteiger partial charge in [0.1, 0.15) is 23.9 Å². The van der Waals surface area contributed by atoms with Gasteiger partial charge in [-0.1, -0.05) is 5.16 Å². The molecule has 0 unspecified atom stereocenters. The van der Waals surface area contributed by atoms with E-state index in [1.54, 1.807) is 18.2 Å². The molecule has 0 spiro atoms. The average Bonchev–Trinajstić information content (AvgIpc) is 3.12. The predicted octanol–water partition coefficient (Wildman–Crippen LogP) is 4.53. The second kappa shape index (κ2) is 8.74. The van der Waals surface area contributed by atoms with Crippen LogP contribution < -0.4 is 10.1 Å². The van der Waals surface area contributed by atoms with Crippen LogP contribution in [0, 0.1) is 5.82 Å². The number of nitrogens with zero attached hydrogens (tertiary/aromatic N) is 1. The van der Waals surface area contributed by atoms with E-state index in [0.717, 1.165) is 12.1 Å². The van der Waals surface area contributed by atoms with Crippen LogP contribution in [0.4, 0.5) is 23.2 Å². The highest BCUT2D eigenvalue weighted by atomic mass is 19.4. The van der Waals surface area contributed by atoms with Gasteiger partial charge in [-0.2, -0.15) is 0 Å². The Morgan fingerprint density at radius 3 is 2.41 bits per heavy atom. The van der Waals surface area contributed by atoms with Crippen LogP contribution in [0.2, 0.25) is 0 Å². The van der Waals surface area contributed by atoms with Crippen LogP contribution in [0.1, 0.15) is 5.69 Å². The zero-order chi connectivity index (χ0) is 20.9. The number of benzene rings is 2. The predicted molar refractivity (Wildman–Crippen MR) is 93.3 cm³/mol. The molecular weight excluding hydrogens is 396 g/mol. The van der Waals surface area contributed by atoms with Crippen LogP contribution >= 0.6 is 0 Å². The highest BCUT2D eigenvalue weighted by molar-refractivity contribution is 5.91. The molecule has 1 aromatic heterocycles. The number of ether oxygens (including phenoxy) is 2. The number of rotatable bonds is 7. The lowest BCUT2D eigenvalue weighted by Gasteiger charge is -2.10. The number of nitrogens with one attached hydrogen (secondary N) is 1. The molecule has 1 amide bonds. The maximum absolute atomic E-state index is 12.9. The summed E-state index contributed by atoms with van der Waals surface area (Å²) >= 11 is 0. The number of anilines is 1. The van der Waals surface area contributed by atoms with Crippen LogP contribution in [0.3, 0.4) is 0 Å². The van der Waals surface area contributed by atoms with E-state index in [1.807, 2.05) is 0 Å². The summed E-state index contributed by atoms with van der Waals surface area (Å²) in [4.78, 5) is 11.8. The fourth-order valence-corrected chi connectivity index (χ4v) is 2.32. The Bertz CT molecular complexity index is 954. The quantitative estimate of drug-likeness (QED) is 0.579. The van der Waals surface area contributed by atoms with Gasteiger partial charge in [0.25, 0.3) is 0 Å². The minimum atomic E-state index is -4.78. The maximum atomic E-state index is 12.9. The Kier molecular flexibility index (Phi) is 6.13. The zero-order valence-corrected chi connectivity index (χ0v) is 14.7. The standard InChI is InChI=1S/C19H14F4N2O4/c20-13-3-1-12(2-4-13)17-9-15(25-29-17)10-27-11-18(26)24-14-5-7-16(8-6-14)28-19(21,22)23/h1-9H,10-11H2,(H,24,26). The van der Waals surface area contributed by atoms with Gasteiger partial charge in [-0.3, -0.25) is 4.79 Å². The molecule has 0 saturated heterocycles. The van der Waals surface area contributed by atoms with Crippen molar-refractivity contribution in [2.24, 2.45) is 0 Å². The molecule has 0 saturated carbocycles. The monoisotopic (exact) mass is 410 g/mol. The molecular formula is C19H14F4N2O4. The molecule has 3 aromatic rings. The number of alkyl halides is 3. The lowest BCUT2D eigenvalue weighted by Crippen LogP contribution is -2.19. The van der Waals surface area contributed by atoms with Gasteiger partial charge in [0.05, 0.1) is 6.61 Å². The molecule has 0 radical (unpaired) electrons. The van der Waals surface area contributed by atoms with Crippen LogP contribution in [0.15, 0.2) is 59.1 Å². The van der Waals surface area contributed by atoms with Crippen molar-refractivity contribution in [3.8, 4) is 17.1 Å². The number of carbonyl (C=O) groups is 1. The Balaban J connectivity index is 1.45. The van der Waals surface area contributed by atoms with Gasteiger partial charge in [-0.15, -0.1) is 13.2 Å². The SMILES string of the molecule is O=C(COCc1cc(-c2ccc(F)cc2)on1)Nc1ccc(OC(F)(F)F)cc1. The lowest BCUT2D eigenvalue weighted by atomic mass is 10.1. The van der Waals surface area contributed by atoms with Crippen LogP contribution in [0.25, 0.3) is 11.3 Å². The average molecular weight is 410 g/mol. The topological polar surface area (TPSA) is 73.6 Å². The molecule has 2 aromatic carbocycles. The number of halogens is 4. The first-order valence-electron chi connectivity index (χ1n) is 8.23. The molecule has 1 N–H and O–H groups in total. The normalized spacial score (nSPS) is 11.3. The smallest absolute Gasteiger partial charge is 0.406 e. The summed E-state index contributed by atoms with van der Waals surface area (Å²) < 4.78 is 63.4. The van der Waals surface area contributed by atoms with Gasteiger partial charge >= 0.3 is 6.36 Å². The third-order valence-electron chi connectivity index (χ3n) is 3.54. The Morgan fingerprint density at radius 1 is 1.07 bits per heavy atom. The van der Waals surface area contributed by atoms with E-state index in [-0.39, 0.29) is 24.7 Å². The second-order valence-corrected chi connectivity index (χ2v) is 5.80. The number of carbonyl (C=O) groups excluding carboxylic acids is 1. The Labute approximate surface area is 162 Å². The fraction of sp³-hybridized carbons (Fsp3) is 0.158. The van der Waals surface area contributed by atoms with Crippen molar-refractivity contribution >= 4 is 11.6 Å². The van der Waals surface area contributed by atoms with Gasteiger partial charge in [0.2, 0.25) is 5.91 Å². The Morgan fingerprint density at radius 2 is 1.76 bits per heavy atom. The van der Waals surface area contributed by atoms with E-state index >= 15 is 0 Å². The number of aromatic nitrogens is 1. The van der Waals surface area contributed by atoms with Gasteiger partial charge in [0, 0.05) is 17.3 Å². The van der Waals surface area contributed by atoms with Crippen LogP contribution in [0.5, 0.6) is 5.75 Å². The largest absolute Gasteiger partial charge is 0.573 e. The molecule has 6 nitrogen and oxygen atoms in total. The first-order chi connectivity index (χ1) is 13.8. The molecule has 29 heavy (non-hydrogen) atoms. The highest BCUT2D eigenvalue weighted by Gasteiger charge is 2.30. The van der Waals surface area contributed by atoms with Crippen LogP contribution in [-0.2, 0) is 16.1 Å². The van der Waals surface area contributed by atoms with Gasteiger partial charge < -0.3 is 19.3 Å². The Hall–Kier alpha value is -3.40. The fourth-order valence-electron chi connectivity index (χ4n) is 2.32. The van der Waals surface area contributed by atoms with Gasteiger partial charge in [-0.25, -0.2) is 4.39 Å². The molecule has 0 aliphatic rings. The lowest BCUT2D eigenvalue weighted by molar-refractivity contribution is -0.274.